The second-order valence-electron chi connectivity index (χ2n) is 18.6. The third kappa shape index (κ3) is 22.9. The van der Waals surface area contributed by atoms with Crippen molar-refractivity contribution in [3.63, 3.8) is 0 Å². The molecule has 6 rings (SSSR count). The predicted molar refractivity (Wildman–Crippen MR) is 295 cm³/mol. The largest absolute Gasteiger partial charge is 0.494 e. The van der Waals surface area contributed by atoms with Gasteiger partial charge in [0.05, 0.1) is 19.8 Å². The van der Waals surface area contributed by atoms with Crippen LogP contribution in [0.15, 0.2) is 119 Å². The zero-order chi connectivity index (χ0) is 55.4. The highest BCUT2D eigenvalue weighted by molar-refractivity contribution is 5.80. The van der Waals surface area contributed by atoms with Crippen LogP contribution in [0.1, 0.15) is 64.6 Å². The number of pyridine rings is 2. The Balaban J connectivity index is 0.000000285. The molecule has 412 valence electrons. The van der Waals surface area contributed by atoms with Crippen molar-refractivity contribution in [2.45, 2.75) is 84.6 Å². The number of aromatic nitrogens is 2. The maximum Gasteiger partial charge on any atom is 0.266 e. The molecular weight excluding hydrogens is 987 g/mol. The molecule has 4 aromatic carbocycles. The number of H-pyrrole nitrogens is 2. The van der Waals surface area contributed by atoms with Crippen molar-refractivity contribution in [3.05, 3.63) is 141 Å². The first kappa shape index (κ1) is 60.0. The standard InChI is InChI=1S/C30H36N4O6.C28H37N3O6/c1-20(2)33-17-24(35)18-39-27-11-9-25(10-12-27)38-14-4-13-32-29(36)19-40-26-7-5-22(6-8-26)28-15-23(16-31)30(37)34-21(28)3;1-20(2)30-18-22(32)19-37-24-9-7-23(8-10-24)35-16-4-14-29-27(33)5-3-15-36-25-11-12-26-21(17-25)6-13-28(34)31-26/h5-12,15,20,24,33,35H,4,13-14,17-19H2,1-3H3,(H,32,36)(H,34,37);6-13,17,20,22,30,32H,3-5,14-16,18-19H2,1-2H3,(H,29,33)(H,31,34)/t24-;22-/m00/s1. The Morgan fingerprint density at radius 2 is 1.06 bits per heavy atom. The summed E-state index contributed by atoms with van der Waals surface area (Å²) >= 11 is 0. The van der Waals surface area contributed by atoms with Gasteiger partial charge in [0.15, 0.2) is 6.61 Å². The number of carbonyl (C=O) groups excluding carboxylic acids is 2. The molecule has 2 atom stereocenters. The number of ether oxygens (including phenoxy) is 6. The van der Waals surface area contributed by atoms with Gasteiger partial charge in [0.1, 0.15) is 71.6 Å². The number of nitrogens with zero attached hydrogens (tertiary/aromatic N) is 1. The lowest BCUT2D eigenvalue weighted by Gasteiger charge is -2.15. The molecule has 0 aliphatic heterocycles. The van der Waals surface area contributed by atoms with Crippen molar-refractivity contribution in [1.82, 2.24) is 31.2 Å². The Hall–Kier alpha value is -7.89. The van der Waals surface area contributed by atoms with Gasteiger partial charge in [0.25, 0.3) is 11.5 Å². The lowest BCUT2D eigenvalue weighted by atomic mass is 10.0. The van der Waals surface area contributed by atoms with E-state index >= 15 is 0 Å². The Bertz CT molecular complexity index is 2890. The Kier molecular flexibility index (Phi) is 25.3. The van der Waals surface area contributed by atoms with Crippen LogP contribution in [0.5, 0.6) is 34.5 Å². The number of hydrogen-bond acceptors (Lipinski definition) is 15. The molecule has 19 heteroatoms. The van der Waals surface area contributed by atoms with E-state index in [-0.39, 0.29) is 42.8 Å². The minimum absolute atomic E-state index is 0.0213. The van der Waals surface area contributed by atoms with Crippen LogP contribution in [-0.4, -0.2) is 122 Å². The summed E-state index contributed by atoms with van der Waals surface area (Å²) in [6, 6.07) is 34.3. The predicted octanol–water partition coefficient (Wildman–Crippen LogP) is 5.93. The van der Waals surface area contributed by atoms with Crippen LogP contribution in [-0.2, 0) is 9.59 Å². The summed E-state index contributed by atoms with van der Waals surface area (Å²) in [4.78, 5) is 52.7. The van der Waals surface area contributed by atoms with Gasteiger partial charge in [-0.15, -0.1) is 0 Å². The molecule has 8 N–H and O–H groups in total. The van der Waals surface area contributed by atoms with Gasteiger partial charge >= 0.3 is 0 Å². The van der Waals surface area contributed by atoms with E-state index in [2.05, 4.69) is 31.2 Å². The molecule has 19 nitrogen and oxygen atoms in total. The monoisotopic (exact) mass is 1060 g/mol. The van der Waals surface area contributed by atoms with Crippen LogP contribution >= 0.6 is 0 Å². The summed E-state index contributed by atoms with van der Waals surface area (Å²) in [5, 5.41) is 41.9. The summed E-state index contributed by atoms with van der Waals surface area (Å²) in [6.45, 7) is 13.4. The highest BCUT2D eigenvalue weighted by Crippen LogP contribution is 2.25. The summed E-state index contributed by atoms with van der Waals surface area (Å²) < 4.78 is 33.9. The summed E-state index contributed by atoms with van der Waals surface area (Å²) in [5.74, 6) is 3.69. The van der Waals surface area contributed by atoms with Crippen LogP contribution in [0.4, 0.5) is 0 Å². The number of benzene rings is 4. The number of aliphatic hydroxyl groups is 2. The van der Waals surface area contributed by atoms with Gasteiger partial charge in [-0.05, 0) is 123 Å². The first-order chi connectivity index (χ1) is 37.1. The van der Waals surface area contributed by atoms with Gasteiger partial charge in [0.2, 0.25) is 11.5 Å². The normalized spacial score (nSPS) is 11.7. The molecule has 0 aliphatic carbocycles. The Labute approximate surface area is 449 Å². The highest BCUT2D eigenvalue weighted by atomic mass is 16.5. The third-order valence-corrected chi connectivity index (χ3v) is 11.3. The zero-order valence-corrected chi connectivity index (χ0v) is 44.5. The minimum atomic E-state index is -0.586. The fraction of sp³-hybridized carbons (Fsp3) is 0.397. The molecule has 0 aliphatic rings. The number of rotatable bonds is 31. The van der Waals surface area contributed by atoms with Crippen molar-refractivity contribution in [3.8, 4) is 51.7 Å². The molecule has 0 radical (unpaired) electrons. The van der Waals surface area contributed by atoms with Crippen molar-refractivity contribution in [2.75, 3.05) is 65.8 Å². The summed E-state index contributed by atoms with van der Waals surface area (Å²) in [7, 11) is 0. The van der Waals surface area contributed by atoms with Gasteiger partial charge < -0.3 is 69.9 Å². The Morgan fingerprint density at radius 1 is 0.584 bits per heavy atom. The van der Waals surface area contributed by atoms with Crippen LogP contribution in [0.3, 0.4) is 0 Å². The molecule has 2 heterocycles. The average Bonchev–Trinajstić information content (AvgIpc) is 3.42. The molecule has 0 saturated carbocycles. The van der Waals surface area contributed by atoms with Crippen LogP contribution in [0.25, 0.3) is 22.0 Å². The molecule has 0 spiro atoms. The lowest BCUT2D eigenvalue weighted by molar-refractivity contribution is -0.123. The second-order valence-corrected chi connectivity index (χ2v) is 18.6. The third-order valence-electron chi connectivity index (χ3n) is 11.3. The van der Waals surface area contributed by atoms with E-state index in [1.165, 1.54) is 6.07 Å². The summed E-state index contributed by atoms with van der Waals surface area (Å²) in [6.07, 6.45) is 1.14. The van der Waals surface area contributed by atoms with E-state index in [0.29, 0.717) is 118 Å². The fourth-order valence-electron chi connectivity index (χ4n) is 7.16. The van der Waals surface area contributed by atoms with Gasteiger partial charge in [-0.1, -0.05) is 39.8 Å². The molecule has 0 bridgehead atoms. The van der Waals surface area contributed by atoms with E-state index in [9.17, 15) is 29.4 Å². The number of hydrogen-bond donors (Lipinski definition) is 8. The van der Waals surface area contributed by atoms with Crippen LogP contribution in [0, 0.1) is 18.3 Å². The molecule has 0 unspecified atom stereocenters. The number of aryl methyl sites for hydroxylation is 1. The molecule has 77 heavy (non-hydrogen) atoms. The van der Waals surface area contributed by atoms with Crippen molar-refractivity contribution >= 4 is 22.7 Å². The minimum Gasteiger partial charge on any atom is -0.494 e. The number of aliphatic hydroxyl groups excluding tert-OH is 2. The average molecular weight is 1060 g/mol. The van der Waals surface area contributed by atoms with E-state index in [1.54, 1.807) is 85.8 Å². The molecular formula is C58H73N7O12. The van der Waals surface area contributed by atoms with E-state index in [1.807, 2.05) is 58.0 Å². The number of carbonyl (C=O) groups is 2. The molecule has 0 fully saturated rings. The Morgan fingerprint density at radius 3 is 1.61 bits per heavy atom. The van der Waals surface area contributed by atoms with Crippen molar-refractivity contribution in [2.24, 2.45) is 0 Å². The van der Waals surface area contributed by atoms with Crippen LogP contribution in [0.2, 0.25) is 0 Å². The first-order valence-electron chi connectivity index (χ1n) is 25.8. The SMILES string of the molecule is CC(C)NC[C@H](O)COc1ccc(OCCCNC(=O)CCCOc2ccc3[nH]c(=O)ccc3c2)cc1.Cc1[nH]c(=O)c(C#N)cc1-c1ccc(OCC(=O)NCCCOc2ccc(OC[C@@H](O)CNC(C)C)cc2)cc1. The molecule has 6 aromatic rings. The van der Waals surface area contributed by atoms with Gasteiger partial charge in [-0.3, -0.25) is 19.2 Å². The van der Waals surface area contributed by atoms with E-state index < -0.39 is 17.8 Å². The van der Waals surface area contributed by atoms with Gasteiger partial charge in [0, 0.05) is 72.9 Å². The highest BCUT2D eigenvalue weighted by Gasteiger charge is 2.11. The smallest absolute Gasteiger partial charge is 0.266 e. The maximum absolute atomic E-state index is 12.1. The number of nitrogens with one attached hydrogen (secondary N) is 6. The van der Waals surface area contributed by atoms with Crippen molar-refractivity contribution < 1.29 is 48.2 Å². The van der Waals surface area contributed by atoms with Crippen LogP contribution < -0.4 is 60.8 Å². The molecule has 2 amide bonds. The quantitative estimate of drug-likeness (QED) is 0.0235. The number of fused-ring (bicyclic) bond motifs is 1. The number of aromatic amines is 2. The number of amides is 2. The first-order valence-corrected chi connectivity index (χ1v) is 25.8. The molecule has 2 aromatic heterocycles. The molecule has 0 saturated heterocycles. The van der Waals surface area contributed by atoms with Crippen molar-refractivity contribution in [1.29, 1.82) is 5.26 Å². The fourth-order valence-corrected chi connectivity index (χ4v) is 7.16. The second kappa shape index (κ2) is 32.5. The lowest BCUT2D eigenvalue weighted by Crippen LogP contribution is -2.35. The summed E-state index contributed by atoms with van der Waals surface area (Å²) in [5.41, 5.74) is 2.48. The van der Waals surface area contributed by atoms with E-state index in [0.717, 1.165) is 27.8 Å². The van der Waals surface area contributed by atoms with E-state index in [4.69, 9.17) is 33.7 Å². The number of nitriles is 1. The maximum atomic E-state index is 12.1. The van der Waals surface area contributed by atoms with Gasteiger partial charge in [-0.25, -0.2) is 0 Å². The van der Waals surface area contributed by atoms with Gasteiger partial charge in [-0.2, -0.15) is 5.26 Å². The zero-order valence-electron chi connectivity index (χ0n) is 44.5. The topological polar surface area (TPSA) is 268 Å².